The van der Waals surface area contributed by atoms with Crippen LogP contribution in [0.4, 0.5) is 0 Å². The smallest absolute Gasteiger partial charge is 0.0273 e. The normalized spacial score (nSPS) is 12.2. The lowest BCUT2D eigenvalue weighted by Crippen LogP contribution is -2.18. The Morgan fingerprint density at radius 3 is 1.50 bits per heavy atom. The molecule has 0 aromatic rings. The third kappa shape index (κ3) is 9.67. The largest absolute Gasteiger partial charge is 0.0832 e. The zero-order valence-corrected chi connectivity index (χ0v) is 12.2. The maximum absolute atomic E-state index is 3.26. The molecule has 0 aliphatic rings. The van der Waals surface area contributed by atoms with E-state index in [0.717, 1.165) is 6.42 Å². The molecule has 0 nitrogen and oxygen atoms in total. The molecule has 0 radical (unpaired) electrons. The van der Waals surface area contributed by atoms with Crippen LogP contribution in [0.5, 0.6) is 0 Å². The molecule has 0 saturated heterocycles. The van der Waals surface area contributed by atoms with Gasteiger partial charge in [-0.1, -0.05) is 32.6 Å². The van der Waals surface area contributed by atoms with Crippen molar-refractivity contribution in [2.75, 3.05) is 0 Å². The molecular formula is C16H26. The number of rotatable bonds is 1. The second-order valence-corrected chi connectivity index (χ2v) is 7.37. The maximum Gasteiger partial charge on any atom is 0.0273 e. The van der Waals surface area contributed by atoms with Gasteiger partial charge in [-0.25, -0.2) is 0 Å². The number of hydrogen-bond acceptors (Lipinski definition) is 0. The molecule has 0 N–H and O–H groups in total. The van der Waals surface area contributed by atoms with Gasteiger partial charge in [0.05, 0.1) is 0 Å². The predicted molar refractivity (Wildman–Crippen MR) is 72.9 cm³/mol. The Labute approximate surface area is 102 Å². The first-order valence-corrected chi connectivity index (χ1v) is 5.96. The van der Waals surface area contributed by atoms with Gasteiger partial charge in [0.25, 0.3) is 0 Å². The first kappa shape index (κ1) is 15.1. The molecule has 0 saturated carbocycles. The molecule has 0 fully saturated rings. The van der Waals surface area contributed by atoms with Crippen molar-refractivity contribution in [2.24, 2.45) is 16.2 Å². The van der Waals surface area contributed by atoms with E-state index in [1.165, 1.54) is 0 Å². The zero-order chi connectivity index (χ0) is 13.0. The van der Waals surface area contributed by atoms with Crippen LogP contribution in [0.1, 0.15) is 61.8 Å². The number of hydrogen-bond donors (Lipinski definition) is 0. The van der Waals surface area contributed by atoms with E-state index in [9.17, 15) is 0 Å². The highest BCUT2D eigenvalue weighted by Gasteiger charge is 2.23. The fourth-order valence-electron chi connectivity index (χ4n) is 1.79. The third-order valence-electron chi connectivity index (χ3n) is 1.87. The summed E-state index contributed by atoms with van der Waals surface area (Å²) < 4.78 is 0. The van der Waals surface area contributed by atoms with Crippen LogP contribution in [0.2, 0.25) is 0 Å². The van der Waals surface area contributed by atoms with Crippen LogP contribution in [0.25, 0.3) is 0 Å². The summed E-state index contributed by atoms with van der Waals surface area (Å²) in [5.74, 6) is 12.3. The Kier molecular flexibility index (Phi) is 4.69. The van der Waals surface area contributed by atoms with E-state index < -0.39 is 0 Å². The van der Waals surface area contributed by atoms with Crippen LogP contribution >= 0.6 is 0 Å². The van der Waals surface area contributed by atoms with Crippen LogP contribution in [-0.4, -0.2) is 0 Å². The average molecular weight is 218 g/mol. The predicted octanol–water partition coefficient (Wildman–Crippen LogP) is 4.50. The van der Waals surface area contributed by atoms with Crippen molar-refractivity contribution in [3.8, 4) is 23.7 Å². The summed E-state index contributed by atoms with van der Waals surface area (Å²) in [7, 11) is 0. The molecule has 0 aliphatic heterocycles. The lowest BCUT2D eigenvalue weighted by atomic mass is 9.77. The minimum atomic E-state index is 0.0445. The highest BCUT2D eigenvalue weighted by Crippen LogP contribution is 2.32. The van der Waals surface area contributed by atoms with Crippen molar-refractivity contribution >= 4 is 0 Å². The van der Waals surface area contributed by atoms with E-state index in [1.54, 1.807) is 0 Å². The summed E-state index contributed by atoms with van der Waals surface area (Å²) in [6.45, 7) is 17.4. The quantitative estimate of drug-likeness (QED) is 0.568. The Balaban J connectivity index is 4.59. The summed E-state index contributed by atoms with van der Waals surface area (Å²) in [5.41, 5.74) is 0.406. The summed E-state index contributed by atoms with van der Waals surface area (Å²) in [6, 6.07) is 0. The van der Waals surface area contributed by atoms with Gasteiger partial charge in [-0.2, -0.15) is 0 Å². The molecule has 90 valence electrons. The molecule has 0 aromatic carbocycles. The second kappa shape index (κ2) is 4.97. The Bertz CT molecular complexity index is 334. The lowest BCUT2D eigenvalue weighted by molar-refractivity contribution is 0.271. The zero-order valence-electron chi connectivity index (χ0n) is 12.2. The fraction of sp³-hybridized carbons (Fsp3) is 0.750. The van der Waals surface area contributed by atoms with E-state index in [-0.39, 0.29) is 10.8 Å². The van der Waals surface area contributed by atoms with Crippen LogP contribution in [0.15, 0.2) is 0 Å². The van der Waals surface area contributed by atoms with Crippen molar-refractivity contribution in [3.63, 3.8) is 0 Å². The van der Waals surface area contributed by atoms with Gasteiger partial charge in [-0.3, -0.25) is 0 Å². The molecule has 0 aliphatic carbocycles. The minimum Gasteiger partial charge on any atom is -0.0832 e. The summed E-state index contributed by atoms with van der Waals surface area (Å²) in [4.78, 5) is 0. The van der Waals surface area contributed by atoms with Gasteiger partial charge in [0.15, 0.2) is 0 Å². The van der Waals surface area contributed by atoms with Gasteiger partial charge in [0.1, 0.15) is 0 Å². The average Bonchev–Trinajstić information content (AvgIpc) is 1.91. The lowest BCUT2D eigenvalue weighted by Gasteiger charge is -2.27. The molecule has 0 bridgehead atoms. The van der Waals surface area contributed by atoms with Crippen molar-refractivity contribution in [1.29, 1.82) is 0 Å². The SMILES string of the molecule is CC(C)(C)C#CC#CC(C)(C)CC(C)(C)C. The molecule has 16 heavy (non-hydrogen) atoms. The van der Waals surface area contributed by atoms with E-state index in [0.29, 0.717) is 5.41 Å². The molecule has 0 spiro atoms. The van der Waals surface area contributed by atoms with Gasteiger partial charge in [-0.05, 0) is 58.3 Å². The van der Waals surface area contributed by atoms with E-state index in [4.69, 9.17) is 0 Å². The topological polar surface area (TPSA) is 0 Å². The standard InChI is InChI=1S/C16H26/c1-14(2,3)11-9-10-12-16(7,8)13-15(4,5)6/h13H2,1-8H3. The highest BCUT2D eigenvalue weighted by atomic mass is 14.3. The summed E-state index contributed by atoms with van der Waals surface area (Å²) in [6.07, 6.45) is 1.09. The molecule has 0 aromatic heterocycles. The van der Waals surface area contributed by atoms with Crippen molar-refractivity contribution < 1.29 is 0 Å². The molecule has 0 unspecified atom stereocenters. The van der Waals surface area contributed by atoms with Crippen LogP contribution < -0.4 is 0 Å². The maximum atomic E-state index is 3.26. The Morgan fingerprint density at radius 1 is 0.688 bits per heavy atom. The Hall–Kier alpha value is -0.880. The molecule has 0 heterocycles. The van der Waals surface area contributed by atoms with E-state index in [1.807, 2.05) is 0 Å². The molecular weight excluding hydrogens is 192 g/mol. The van der Waals surface area contributed by atoms with E-state index >= 15 is 0 Å². The first-order valence-electron chi connectivity index (χ1n) is 5.96. The van der Waals surface area contributed by atoms with Gasteiger partial charge in [0, 0.05) is 10.8 Å². The molecule has 0 heteroatoms. The summed E-state index contributed by atoms with van der Waals surface area (Å²) >= 11 is 0. The Morgan fingerprint density at radius 2 is 1.12 bits per heavy atom. The summed E-state index contributed by atoms with van der Waals surface area (Å²) in [5, 5.41) is 0. The van der Waals surface area contributed by atoms with Crippen LogP contribution in [-0.2, 0) is 0 Å². The fourth-order valence-corrected chi connectivity index (χ4v) is 1.79. The first-order chi connectivity index (χ1) is 6.91. The van der Waals surface area contributed by atoms with Gasteiger partial charge >= 0.3 is 0 Å². The molecule has 0 amide bonds. The molecule has 0 atom stereocenters. The van der Waals surface area contributed by atoms with E-state index in [2.05, 4.69) is 79.1 Å². The van der Waals surface area contributed by atoms with Crippen LogP contribution in [0, 0.1) is 39.9 Å². The van der Waals surface area contributed by atoms with Gasteiger partial charge in [-0.15, -0.1) is 0 Å². The minimum absolute atomic E-state index is 0.0445. The van der Waals surface area contributed by atoms with Crippen molar-refractivity contribution in [3.05, 3.63) is 0 Å². The second-order valence-electron chi connectivity index (χ2n) is 7.37. The van der Waals surface area contributed by atoms with Gasteiger partial charge in [0.2, 0.25) is 0 Å². The highest BCUT2D eigenvalue weighted by molar-refractivity contribution is 5.30. The van der Waals surface area contributed by atoms with Crippen LogP contribution in [0.3, 0.4) is 0 Å². The van der Waals surface area contributed by atoms with Crippen molar-refractivity contribution in [1.82, 2.24) is 0 Å². The van der Waals surface area contributed by atoms with Gasteiger partial charge < -0.3 is 0 Å². The monoisotopic (exact) mass is 218 g/mol. The molecule has 0 rings (SSSR count). The van der Waals surface area contributed by atoms with Crippen molar-refractivity contribution in [2.45, 2.75) is 61.8 Å². The third-order valence-corrected chi connectivity index (χ3v) is 1.87.